The van der Waals surface area contributed by atoms with Crippen LogP contribution in [0.15, 0.2) is 41.7 Å². The van der Waals surface area contributed by atoms with Gasteiger partial charge in [-0.15, -0.1) is 0 Å². The summed E-state index contributed by atoms with van der Waals surface area (Å²) < 4.78 is 13.2. The molecule has 0 unspecified atom stereocenters. The van der Waals surface area contributed by atoms with E-state index in [0.29, 0.717) is 6.54 Å². The second kappa shape index (κ2) is 5.23. The monoisotopic (exact) mass is 221 g/mol. The summed E-state index contributed by atoms with van der Waals surface area (Å²) in [5.41, 5.74) is 1.99. The molecule has 1 saturated heterocycles. The van der Waals surface area contributed by atoms with Gasteiger partial charge in [0, 0.05) is 19.6 Å². The summed E-state index contributed by atoms with van der Waals surface area (Å²) in [6, 6.07) is 10.2. The summed E-state index contributed by atoms with van der Waals surface area (Å²) in [6.45, 7) is 1.90. The number of hydrogen-bond donors (Lipinski definition) is 1. The van der Waals surface area contributed by atoms with Gasteiger partial charge in [0.2, 0.25) is 0 Å². The van der Waals surface area contributed by atoms with Crippen molar-refractivity contribution in [2.24, 2.45) is 0 Å². The van der Waals surface area contributed by atoms with Crippen molar-refractivity contribution in [2.75, 3.05) is 19.7 Å². The van der Waals surface area contributed by atoms with Gasteiger partial charge >= 0.3 is 0 Å². The Morgan fingerprint density at radius 1 is 1.31 bits per heavy atom. The van der Waals surface area contributed by atoms with Crippen LogP contribution in [0.2, 0.25) is 0 Å². The molecule has 1 aliphatic heterocycles. The molecule has 0 spiro atoms. The Morgan fingerprint density at radius 2 is 2.06 bits per heavy atom. The van der Waals surface area contributed by atoms with Crippen molar-refractivity contribution in [3.05, 3.63) is 47.3 Å². The molecule has 0 atom stereocenters. The van der Waals surface area contributed by atoms with E-state index in [2.05, 4.69) is 17.0 Å². The van der Waals surface area contributed by atoms with Gasteiger partial charge in [-0.05, 0) is 17.6 Å². The molecule has 0 radical (unpaired) electrons. The summed E-state index contributed by atoms with van der Waals surface area (Å²) in [4.78, 5) is 2.19. The Labute approximate surface area is 95.0 Å². The lowest BCUT2D eigenvalue weighted by molar-refractivity contribution is 0.293. The standard InChI is InChI=1S/C13H16FNO/c14-13(10-16)12-6-7-15(9-12)8-11-4-2-1-3-5-11/h1-5,16H,6-10H2/b13-12+. The normalized spacial score (nSPS) is 20.1. The average Bonchev–Trinajstić information content (AvgIpc) is 2.78. The maximum absolute atomic E-state index is 13.2. The first kappa shape index (κ1) is 11.3. The number of likely N-dealkylation sites (tertiary alicyclic amines) is 1. The molecule has 2 nitrogen and oxygen atoms in total. The Bertz CT molecular complexity index is 375. The number of hydrogen-bond acceptors (Lipinski definition) is 2. The Morgan fingerprint density at radius 3 is 2.75 bits per heavy atom. The molecule has 2 rings (SSSR count). The van der Waals surface area contributed by atoms with Crippen molar-refractivity contribution in [1.29, 1.82) is 0 Å². The highest BCUT2D eigenvalue weighted by atomic mass is 19.1. The highest BCUT2D eigenvalue weighted by Gasteiger charge is 2.19. The fraction of sp³-hybridized carbons (Fsp3) is 0.385. The van der Waals surface area contributed by atoms with Crippen LogP contribution in [0.3, 0.4) is 0 Å². The van der Waals surface area contributed by atoms with Crippen LogP contribution in [0.4, 0.5) is 4.39 Å². The van der Waals surface area contributed by atoms with Gasteiger partial charge in [-0.25, -0.2) is 4.39 Å². The van der Waals surface area contributed by atoms with Crippen molar-refractivity contribution in [2.45, 2.75) is 13.0 Å². The van der Waals surface area contributed by atoms with Gasteiger partial charge in [-0.2, -0.15) is 0 Å². The molecule has 86 valence electrons. The highest BCUT2D eigenvalue weighted by molar-refractivity contribution is 5.18. The molecule has 0 saturated carbocycles. The molecule has 1 fully saturated rings. The van der Waals surface area contributed by atoms with Crippen LogP contribution in [0.25, 0.3) is 0 Å². The van der Waals surface area contributed by atoms with E-state index in [4.69, 9.17) is 5.11 Å². The second-order valence-electron chi connectivity index (χ2n) is 4.11. The summed E-state index contributed by atoms with van der Waals surface area (Å²) in [6.07, 6.45) is 0.735. The van der Waals surface area contributed by atoms with E-state index in [0.717, 1.165) is 25.1 Å². The fourth-order valence-electron chi connectivity index (χ4n) is 2.03. The quantitative estimate of drug-likeness (QED) is 0.845. The topological polar surface area (TPSA) is 23.5 Å². The van der Waals surface area contributed by atoms with Crippen molar-refractivity contribution >= 4 is 0 Å². The first-order chi connectivity index (χ1) is 7.79. The largest absolute Gasteiger partial charge is 0.389 e. The van der Waals surface area contributed by atoms with Crippen LogP contribution in [0, 0.1) is 0 Å². The molecule has 0 amide bonds. The van der Waals surface area contributed by atoms with Gasteiger partial charge < -0.3 is 5.11 Å². The van der Waals surface area contributed by atoms with Gasteiger partial charge in [0.1, 0.15) is 5.83 Å². The predicted molar refractivity (Wildman–Crippen MR) is 61.6 cm³/mol. The average molecular weight is 221 g/mol. The lowest BCUT2D eigenvalue weighted by Gasteiger charge is -2.14. The summed E-state index contributed by atoms with van der Waals surface area (Å²) in [7, 11) is 0. The Kier molecular flexibility index (Phi) is 3.70. The minimum atomic E-state index is -0.464. The molecular weight excluding hydrogens is 205 g/mol. The van der Waals surface area contributed by atoms with E-state index >= 15 is 0 Å². The van der Waals surface area contributed by atoms with E-state index in [1.807, 2.05) is 18.2 Å². The van der Waals surface area contributed by atoms with Gasteiger partial charge in [0.25, 0.3) is 0 Å². The van der Waals surface area contributed by atoms with E-state index in [-0.39, 0.29) is 5.83 Å². The van der Waals surface area contributed by atoms with Crippen molar-refractivity contribution in [3.8, 4) is 0 Å². The van der Waals surface area contributed by atoms with E-state index < -0.39 is 6.61 Å². The lowest BCUT2D eigenvalue weighted by Crippen LogP contribution is -2.18. The smallest absolute Gasteiger partial charge is 0.126 e. The van der Waals surface area contributed by atoms with Gasteiger partial charge in [0.15, 0.2) is 0 Å². The lowest BCUT2D eigenvalue weighted by atomic mass is 10.2. The molecule has 0 aromatic heterocycles. The Hall–Kier alpha value is -1.19. The van der Waals surface area contributed by atoms with Crippen LogP contribution in [-0.4, -0.2) is 29.7 Å². The van der Waals surface area contributed by atoms with Crippen LogP contribution < -0.4 is 0 Å². The van der Waals surface area contributed by atoms with Crippen molar-refractivity contribution < 1.29 is 9.50 Å². The van der Waals surface area contributed by atoms with Gasteiger partial charge in [-0.3, -0.25) is 4.90 Å². The SMILES string of the molecule is OC/C(F)=C1/CCN(Cc2ccccc2)C1. The first-order valence-corrected chi connectivity index (χ1v) is 5.53. The number of aliphatic hydroxyl groups is 1. The molecular formula is C13H16FNO. The van der Waals surface area contributed by atoms with E-state index in [1.165, 1.54) is 5.56 Å². The van der Waals surface area contributed by atoms with Crippen LogP contribution in [0.5, 0.6) is 0 Å². The minimum Gasteiger partial charge on any atom is -0.389 e. The molecule has 0 aliphatic carbocycles. The maximum Gasteiger partial charge on any atom is 0.126 e. The molecule has 1 N–H and O–H groups in total. The molecule has 1 aromatic rings. The third kappa shape index (κ3) is 2.68. The zero-order valence-corrected chi connectivity index (χ0v) is 9.19. The second-order valence-corrected chi connectivity index (χ2v) is 4.11. The van der Waals surface area contributed by atoms with Crippen LogP contribution in [-0.2, 0) is 6.54 Å². The molecule has 0 bridgehead atoms. The third-order valence-corrected chi connectivity index (χ3v) is 2.92. The fourth-order valence-corrected chi connectivity index (χ4v) is 2.03. The molecule has 1 aromatic carbocycles. The molecule has 3 heteroatoms. The maximum atomic E-state index is 13.2. The number of halogens is 1. The molecule has 1 aliphatic rings. The number of benzene rings is 1. The first-order valence-electron chi connectivity index (χ1n) is 5.53. The summed E-state index contributed by atoms with van der Waals surface area (Å²) in [5, 5.41) is 8.72. The van der Waals surface area contributed by atoms with E-state index in [1.54, 1.807) is 0 Å². The van der Waals surface area contributed by atoms with Crippen LogP contribution >= 0.6 is 0 Å². The zero-order valence-electron chi connectivity index (χ0n) is 9.19. The van der Waals surface area contributed by atoms with Crippen molar-refractivity contribution in [3.63, 3.8) is 0 Å². The molecule has 1 heterocycles. The predicted octanol–water partition coefficient (Wildman–Crippen LogP) is 2.11. The van der Waals surface area contributed by atoms with Gasteiger partial charge in [0.05, 0.1) is 6.61 Å². The highest BCUT2D eigenvalue weighted by Crippen LogP contribution is 2.21. The number of rotatable bonds is 3. The van der Waals surface area contributed by atoms with Crippen molar-refractivity contribution in [1.82, 2.24) is 4.90 Å². The molecule has 16 heavy (non-hydrogen) atoms. The number of aliphatic hydroxyl groups excluding tert-OH is 1. The van der Waals surface area contributed by atoms with Crippen LogP contribution in [0.1, 0.15) is 12.0 Å². The van der Waals surface area contributed by atoms with Gasteiger partial charge in [-0.1, -0.05) is 30.3 Å². The minimum absolute atomic E-state index is 0.351. The summed E-state index contributed by atoms with van der Waals surface area (Å²) in [5.74, 6) is -0.351. The summed E-state index contributed by atoms with van der Waals surface area (Å²) >= 11 is 0. The zero-order chi connectivity index (χ0) is 11.4. The number of nitrogens with zero attached hydrogens (tertiary/aromatic N) is 1. The Balaban J connectivity index is 1.95. The van der Waals surface area contributed by atoms with E-state index in [9.17, 15) is 4.39 Å². The third-order valence-electron chi connectivity index (χ3n) is 2.92.